The molecule has 5 heteroatoms. The fourth-order valence-electron chi connectivity index (χ4n) is 2.37. The van der Waals surface area contributed by atoms with Gasteiger partial charge in [0.1, 0.15) is 0 Å². The van der Waals surface area contributed by atoms with Gasteiger partial charge in [0.25, 0.3) is 0 Å². The van der Waals surface area contributed by atoms with Crippen molar-refractivity contribution in [3.8, 4) is 0 Å². The topological polar surface area (TPSA) is 46.8 Å². The predicted octanol–water partition coefficient (Wildman–Crippen LogP) is 1.52. The Bertz CT molecular complexity index is 487. The number of anilines is 1. The summed E-state index contributed by atoms with van der Waals surface area (Å²) in [7, 11) is 0. The maximum Gasteiger partial charge on any atom is 0.245 e. The SMILES string of the molecule is c1ccc(CCn2nnnc2N2CCCC2)cc1. The maximum atomic E-state index is 4.14. The molecule has 0 N–H and O–H groups in total. The number of hydrogen-bond donors (Lipinski definition) is 0. The van der Waals surface area contributed by atoms with E-state index in [0.29, 0.717) is 0 Å². The van der Waals surface area contributed by atoms with E-state index in [-0.39, 0.29) is 0 Å². The summed E-state index contributed by atoms with van der Waals surface area (Å²) in [5.74, 6) is 0.920. The van der Waals surface area contributed by atoms with Gasteiger partial charge in [0.15, 0.2) is 0 Å². The Hall–Kier alpha value is -1.91. The van der Waals surface area contributed by atoms with Crippen molar-refractivity contribution in [3.63, 3.8) is 0 Å². The standard InChI is InChI=1S/C13H17N5/c1-2-6-12(7-3-1)8-11-18-13(14-15-16-18)17-9-4-5-10-17/h1-3,6-7H,4-5,8-11H2. The molecule has 0 amide bonds. The first kappa shape index (κ1) is 11.2. The second-order valence-electron chi connectivity index (χ2n) is 4.63. The van der Waals surface area contributed by atoms with E-state index in [9.17, 15) is 0 Å². The van der Waals surface area contributed by atoms with Crippen molar-refractivity contribution in [2.75, 3.05) is 18.0 Å². The zero-order chi connectivity index (χ0) is 12.2. The highest BCUT2D eigenvalue weighted by Gasteiger charge is 2.18. The highest BCUT2D eigenvalue weighted by atomic mass is 15.6. The average Bonchev–Trinajstić information content (AvgIpc) is 3.08. The Balaban J connectivity index is 1.68. The van der Waals surface area contributed by atoms with Gasteiger partial charge >= 0.3 is 0 Å². The Morgan fingerprint density at radius 3 is 2.61 bits per heavy atom. The lowest BCUT2D eigenvalue weighted by atomic mass is 10.1. The lowest BCUT2D eigenvalue weighted by Gasteiger charge is -2.15. The minimum atomic E-state index is 0.836. The van der Waals surface area contributed by atoms with Crippen LogP contribution < -0.4 is 4.90 Å². The highest BCUT2D eigenvalue weighted by molar-refractivity contribution is 5.29. The molecule has 1 saturated heterocycles. The summed E-state index contributed by atoms with van der Waals surface area (Å²) < 4.78 is 1.92. The second kappa shape index (κ2) is 5.16. The Morgan fingerprint density at radius 1 is 1.06 bits per heavy atom. The number of aromatic nitrogens is 4. The van der Waals surface area contributed by atoms with Crippen molar-refractivity contribution in [2.45, 2.75) is 25.8 Å². The van der Waals surface area contributed by atoms with E-state index in [4.69, 9.17) is 0 Å². The summed E-state index contributed by atoms with van der Waals surface area (Å²) in [5, 5.41) is 12.0. The summed E-state index contributed by atoms with van der Waals surface area (Å²) >= 11 is 0. The molecule has 0 aliphatic carbocycles. The molecular formula is C13H17N5. The summed E-state index contributed by atoms with van der Waals surface area (Å²) in [4.78, 5) is 2.27. The van der Waals surface area contributed by atoms with Crippen molar-refractivity contribution >= 4 is 5.95 Å². The number of tetrazole rings is 1. The van der Waals surface area contributed by atoms with E-state index in [0.717, 1.165) is 32.0 Å². The molecule has 1 aliphatic heterocycles. The second-order valence-corrected chi connectivity index (χ2v) is 4.63. The van der Waals surface area contributed by atoms with Crippen LogP contribution in [0.25, 0.3) is 0 Å². The number of nitrogens with zero attached hydrogens (tertiary/aromatic N) is 5. The molecule has 0 saturated carbocycles. The third kappa shape index (κ3) is 2.34. The smallest absolute Gasteiger partial charge is 0.245 e. The molecule has 2 aromatic rings. The first-order valence-corrected chi connectivity index (χ1v) is 6.48. The van der Waals surface area contributed by atoms with Gasteiger partial charge in [-0.2, -0.15) is 0 Å². The number of benzene rings is 1. The van der Waals surface area contributed by atoms with Crippen molar-refractivity contribution in [3.05, 3.63) is 35.9 Å². The zero-order valence-corrected chi connectivity index (χ0v) is 10.4. The van der Waals surface area contributed by atoms with Gasteiger partial charge in [-0.25, -0.2) is 4.68 Å². The largest absolute Gasteiger partial charge is 0.340 e. The number of aryl methyl sites for hydroxylation is 2. The van der Waals surface area contributed by atoms with Crippen LogP contribution in [-0.4, -0.2) is 33.3 Å². The lowest BCUT2D eigenvalue weighted by molar-refractivity contribution is 0.584. The predicted molar refractivity (Wildman–Crippen MR) is 69.4 cm³/mol. The molecule has 5 nitrogen and oxygen atoms in total. The van der Waals surface area contributed by atoms with E-state index >= 15 is 0 Å². The molecular weight excluding hydrogens is 226 g/mol. The van der Waals surface area contributed by atoms with Gasteiger partial charge in [-0.3, -0.25) is 0 Å². The zero-order valence-electron chi connectivity index (χ0n) is 10.4. The van der Waals surface area contributed by atoms with E-state index in [1.165, 1.54) is 18.4 Å². The number of hydrogen-bond acceptors (Lipinski definition) is 4. The van der Waals surface area contributed by atoms with E-state index in [1.807, 2.05) is 10.7 Å². The molecule has 94 valence electrons. The Morgan fingerprint density at radius 2 is 1.83 bits per heavy atom. The van der Waals surface area contributed by atoms with Crippen molar-refractivity contribution in [1.82, 2.24) is 20.2 Å². The van der Waals surface area contributed by atoms with E-state index in [2.05, 4.69) is 44.7 Å². The van der Waals surface area contributed by atoms with Gasteiger partial charge < -0.3 is 4.90 Å². The van der Waals surface area contributed by atoms with E-state index < -0.39 is 0 Å². The number of rotatable bonds is 4. The van der Waals surface area contributed by atoms with Crippen molar-refractivity contribution in [1.29, 1.82) is 0 Å². The molecule has 1 fully saturated rings. The van der Waals surface area contributed by atoms with Gasteiger partial charge in [0, 0.05) is 13.1 Å². The van der Waals surface area contributed by atoms with Crippen molar-refractivity contribution < 1.29 is 0 Å². The van der Waals surface area contributed by atoms with Crippen LogP contribution in [0.2, 0.25) is 0 Å². The molecule has 1 aromatic carbocycles. The van der Waals surface area contributed by atoms with Crippen LogP contribution in [0.4, 0.5) is 5.95 Å². The summed E-state index contributed by atoms with van der Waals surface area (Å²) in [6.07, 6.45) is 3.45. The molecule has 3 rings (SSSR count). The lowest BCUT2D eigenvalue weighted by Crippen LogP contribution is -2.23. The summed E-state index contributed by atoms with van der Waals surface area (Å²) in [6, 6.07) is 10.4. The van der Waals surface area contributed by atoms with Gasteiger partial charge in [0.2, 0.25) is 5.95 Å². The van der Waals surface area contributed by atoms with Crippen LogP contribution in [0, 0.1) is 0 Å². The van der Waals surface area contributed by atoms with E-state index in [1.54, 1.807) is 0 Å². The van der Waals surface area contributed by atoms with Crippen LogP contribution in [0.15, 0.2) is 30.3 Å². The van der Waals surface area contributed by atoms with Gasteiger partial charge in [-0.1, -0.05) is 35.4 Å². The third-order valence-electron chi connectivity index (χ3n) is 3.36. The average molecular weight is 243 g/mol. The first-order valence-electron chi connectivity index (χ1n) is 6.48. The molecule has 0 spiro atoms. The Kier molecular flexibility index (Phi) is 3.21. The van der Waals surface area contributed by atoms with Gasteiger partial charge in [0.05, 0.1) is 6.54 Å². The van der Waals surface area contributed by atoms with Crippen molar-refractivity contribution in [2.24, 2.45) is 0 Å². The fourth-order valence-corrected chi connectivity index (χ4v) is 2.37. The summed E-state index contributed by atoms with van der Waals surface area (Å²) in [6.45, 7) is 2.99. The minimum Gasteiger partial charge on any atom is -0.340 e. The quantitative estimate of drug-likeness (QED) is 0.816. The molecule has 0 bridgehead atoms. The third-order valence-corrected chi connectivity index (χ3v) is 3.36. The van der Waals surface area contributed by atoms with Gasteiger partial charge in [-0.05, 0) is 35.3 Å². The maximum absolute atomic E-state index is 4.14. The van der Waals surface area contributed by atoms with Crippen LogP contribution >= 0.6 is 0 Å². The summed E-state index contributed by atoms with van der Waals surface area (Å²) in [5.41, 5.74) is 1.32. The molecule has 2 heterocycles. The van der Waals surface area contributed by atoms with Crippen LogP contribution in [0.5, 0.6) is 0 Å². The van der Waals surface area contributed by atoms with Crippen LogP contribution in [0.1, 0.15) is 18.4 Å². The Labute approximate surface area is 106 Å². The molecule has 0 radical (unpaired) electrons. The van der Waals surface area contributed by atoms with Crippen LogP contribution in [-0.2, 0) is 13.0 Å². The highest BCUT2D eigenvalue weighted by Crippen LogP contribution is 2.16. The van der Waals surface area contributed by atoms with Gasteiger partial charge in [-0.15, -0.1) is 0 Å². The molecule has 18 heavy (non-hydrogen) atoms. The molecule has 1 aromatic heterocycles. The molecule has 0 atom stereocenters. The fraction of sp³-hybridized carbons (Fsp3) is 0.462. The molecule has 0 unspecified atom stereocenters. The van der Waals surface area contributed by atoms with Crippen LogP contribution in [0.3, 0.4) is 0 Å². The monoisotopic (exact) mass is 243 g/mol. The minimum absolute atomic E-state index is 0.836. The normalized spacial score (nSPS) is 15.2. The molecule has 1 aliphatic rings. The first-order chi connectivity index (χ1) is 8.93.